The molecule has 1 aromatic heterocycles. The van der Waals surface area contributed by atoms with Crippen LogP contribution < -0.4 is 0 Å². The number of carbonyl (C=O) groups excluding carboxylic acids is 4. The highest BCUT2D eigenvalue weighted by atomic mass is 16.6. The zero-order valence-electron chi connectivity index (χ0n) is 27.9. The zero-order chi connectivity index (χ0) is 33.9. The number of hydrogen-bond donors (Lipinski definition) is 1. The molecule has 1 aliphatic heterocycles. The predicted octanol–water partition coefficient (Wildman–Crippen LogP) is 4.43. The Balaban J connectivity index is 1.81. The summed E-state index contributed by atoms with van der Waals surface area (Å²) in [5.74, 6) is -3.59. The Morgan fingerprint density at radius 1 is 1.02 bits per heavy atom. The molecule has 2 heterocycles. The van der Waals surface area contributed by atoms with E-state index in [0.717, 1.165) is 11.1 Å². The van der Waals surface area contributed by atoms with E-state index < -0.39 is 82.5 Å². The molecule has 1 saturated heterocycles. The van der Waals surface area contributed by atoms with Crippen molar-refractivity contribution in [3.63, 3.8) is 0 Å². The minimum absolute atomic E-state index is 0.139. The van der Waals surface area contributed by atoms with Crippen molar-refractivity contribution in [3.8, 4) is 0 Å². The van der Waals surface area contributed by atoms with Crippen molar-refractivity contribution in [2.75, 3.05) is 13.7 Å². The van der Waals surface area contributed by atoms with E-state index in [4.69, 9.17) is 28.1 Å². The van der Waals surface area contributed by atoms with Crippen LogP contribution in [0.3, 0.4) is 0 Å². The topological polar surface area (TPSA) is 148 Å². The van der Waals surface area contributed by atoms with Crippen molar-refractivity contribution in [2.24, 2.45) is 28.1 Å². The summed E-state index contributed by atoms with van der Waals surface area (Å²) in [7, 11) is 1.31. The van der Waals surface area contributed by atoms with E-state index in [1.165, 1.54) is 21.0 Å². The van der Waals surface area contributed by atoms with Gasteiger partial charge in [0.25, 0.3) is 0 Å². The molecule has 11 atom stereocenters. The Bertz CT molecular complexity index is 1440. The van der Waals surface area contributed by atoms with Gasteiger partial charge in [0.15, 0.2) is 0 Å². The van der Waals surface area contributed by atoms with Crippen LogP contribution in [-0.4, -0.2) is 73.2 Å². The fourth-order valence-corrected chi connectivity index (χ4v) is 9.80. The van der Waals surface area contributed by atoms with Gasteiger partial charge in [0.2, 0.25) is 0 Å². The fourth-order valence-electron chi connectivity index (χ4n) is 9.80. The molecule has 11 heteroatoms. The normalized spacial score (nSPS) is 39.8. The molecular weight excluding hydrogens is 596 g/mol. The summed E-state index contributed by atoms with van der Waals surface area (Å²) in [4.78, 5) is 51.9. The van der Waals surface area contributed by atoms with Gasteiger partial charge < -0.3 is 33.2 Å². The highest BCUT2D eigenvalue weighted by Gasteiger charge is 2.77. The largest absolute Gasteiger partial charge is 0.472 e. The summed E-state index contributed by atoms with van der Waals surface area (Å²) in [6.07, 6.45) is -0.668. The molecule has 1 N–H and O–H groups in total. The van der Waals surface area contributed by atoms with Gasteiger partial charge in [-0.3, -0.25) is 14.4 Å². The van der Waals surface area contributed by atoms with Crippen LogP contribution in [0, 0.1) is 28.1 Å². The highest BCUT2D eigenvalue weighted by molar-refractivity contribution is 5.87. The molecule has 4 aliphatic rings. The van der Waals surface area contributed by atoms with Gasteiger partial charge >= 0.3 is 23.9 Å². The van der Waals surface area contributed by atoms with Crippen LogP contribution >= 0.6 is 0 Å². The Morgan fingerprint density at radius 3 is 2.24 bits per heavy atom. The zero-order valence-corrected chi connectivity index (χ0v) is 27.9. The Labute approximate surface area is 269 Å². The summed E-state index contributed by atoms with van der Waals surface area (Å²) in [6, 6.07) is 1.85. The number of aliphatic hydroxyl groups excluding tert-OH is 1. The van der Waals surface area contributed by atoms with Crippen LogP contribution in [0.15, 0.2) is 46.3 Å². The van der Waals surface area contributed by atoms with Gasteiger partial charge in [-0.25, -0.2) is 4.79 Å². The van der Waals surface area contributed by atoms with Gasteiger partial charge in [0.1, 0.15) is 18.3 Å². The highest BCUT2D eigenvalue weighted by Crippen LogP contribution is 2.72. The van der Waals surface area contributed by atoms with E-state index in [1.54, 1.807) is 19.5 Å². The summed E-state index contributed by atoms with van der Waals surface area (Å²) in [6.45, 7) is 15.9. The second kappa shape index (κ2) is 12.0. The maximum Gasteiger partial charge on any atom is 0.333 e. The third-order valence-electron chi connectivity index (χ3n) is 11.6. The second-order valence-corrected chi connectivity index (χ2v) is 14.2. The van der Waals surface area contributed by atoms with E-state index in [-0.39, 0.29) is 30.9 Å². The number of hydrogen-bond acceptors (Lipinski definition) is 11. The summed E-state index contributed by atoms with van der Waals surface area (Å²) >= 11 is 0. The first-order valence-corrected chi connectivity index (χ1v) is 15.8. The van der Waals surface area contributed by atoms with Gasteiger partial charge in [-0.1, -0.05) is 32.9 Å². The van der Waals surface area contributed by atoms with Crippen molar-refractivity contribution in [2.45, 2.75) is 104 Å². The lowest BCUT2D eigenvalue weighted by molar-refractivity contribution is -0.260. The SMILES string of the molecule is C=C(C)C(=O)O[C@@H]1[C@@H]2OC[C@]3(C)[C@H](OC(C)=O)C[C@H](OC(C)=O)[C@@](C)([C@@H]23)[C@@H](CC(=O)OC)[C@]1(C)C1=C(C)[C@H](c2ccoc2)C[C@H]1O. The summed E-state index contributed by atoms with van der Waals surface area (Å²) in [5, 5.41) is 11.9. The van der Waals surface area contributed by atoms with Crippen LogP contribution in [-0.2, 0) is 42.9 Å². The molecular formula is C35H46O11. The second-order valence-electron chi connectivity index (χ2n) is 14.2. The van der Waals surface area contributed by atoms with Crippen molar-refractivity contribution in [1.29, 1.82) is 0 Å². The third kappa shape index (κ3) is 5.10. The maximum atomic E-state index is 13.4. The third-order valence-corrected chi connectivity index (χ3v) is 11.6. The molecule has 3 fully saturated rings. The molecule has 0 radical (unpaired) electrons. The molecule has 0 unspecified atom stereocenters. The van der Waals surface area contributed by atoms with E-state index in [9.17, 15) is 24.3 Å². The first kappa shape index (κ1) is 33.9. The van der Waals surface area contributed by atoms with E-state index in [2.05, 4.69) is 6.58 Å². The minimum atomic E-state index is -1.23. The summed E-state index contributed by atoms with van der Waals surface area (Å²) in [5.41, 5.74) is -0.477. The summed E-state index contributed by atoms with van der Waals surface area (Å²) < 4.78 is 35.6. The Kier molecular flexibility index (Phi) is 8.83. The van der Waals surface area contributed by atoms with Gasteiger partial charge in [0.05, 0.1) is 38.5 Å². The quantitative estimate of drug-likeness (QED) is 0.186. The maximum absolute atomic E-state index is 13.4. The van der Waals surface area contributed by atoms with Crippen molar-refractivity contribution >= 4 is 23.9 Å². The number of furan rings is 1. The average molecular weight is 643 g/mol. The Morgan fingerprint density at radius 2 is 1.67 bits per heavy atom. The van der Waals surface area contributed by atoms with Crippen molar-refractivity contribution in [3.05, 3.63) is 47.5 Å². The number of carbonyl (C=O) groups is 4. The van der Waals surface area contributed by atoms with E-state index >= 15 is 0 Å². The molecule has 46 heavy (non-hydrogen) atoms. The molecule has 5 rings (SSSR count). The molecule has 0 bridgehead atoms. The number of methoxy groups -OCH3 is 1. The lowest BCUT2D eigenvalue weighted by Gasteiger charge is -2.66. The van der Waals surface area contributed by atoms with Crippen molar-refractivity contribution in [1.82, 2.24) is 0 Å². The molecule has 0 amide bonds. The van der Waals surface area contributed by atoms with Gasteiger partial charge in [-0.2, -0.15) is 0 Å². The number of esters is 4. The monoisotopic (exact) mass is 642 g/mol. The number of allylic oxidation sites excluding steroid dienone is 1. The lowest BCUT2D eigenvalue weighted by atomic mass is 9.39. The number of rotatable bonds is 8. The lowest BCUT2D eigenvalue weighted by Crippen LogP contribution is -2.72. The standard InChI is InChI=1S/C35H46O11/c1-17(2)32(40)46-31-29-30-33(6,16-43-29)25(44-19(4)36)14-26(45-20(5)37)34(30,7)24(13-27(39)41-9)35(31,8)28-18(3)22(12-23(28)38)21-10-11-42-15-21/h10-11,15,22-26,29-31,38H,1,12-14,16H2,2-9H3/t22-,23-,24-,25-,26+,29-,30+,31-,33-,34+,35-/m1/s1. The number of ether oxygens (including phenoxy) is 5. The molecule has 252 valence electrons. The molecule has 0 aromatic carbocycles. The molecule has 3 aliphatic carbocycles. The van der Waals surface area contributed by atoms with E-state index in [0.29, 0.717) is 12.0 Å². The smallest absolute Gasteiger partial charge is 0.333 e. The van der Waals surface area contributed by atoms with Gasteiger partial charge in [0, 0.05) is 60.3 Å². The van der Waals surface area contributed by atoms with Crippen LogP contribution in [0.2, 0.25) is 0 Å². The van der Waals surface area contributed by atoms with Crippen LogP contribution in [0.5, 0.6) is 0 Å². The van der Waals surface area contributed by atoms with Crippen LogP contribution in [0.25, 0.3) is 0 Å². The Hall–Kier alpha value is -3.44. The fraction of sp³-hybridized carbons (Fsp3) is 0.657. The molecule has 0 spiro atoms. The van der Waals surface area contributed by atoms with E-state index in [1.807, 2.05) is 33.8 Å². The van der Waals surface area contributed by atoms with Gasteiger partial charge in [-0.15, -0.1) is 0 Å². The number of aliphatic hydroxyl groups is 1. The predicted molar refractivity (Wildman–Crippen MR) is 163 cm³/mol. The molecule has 2 saturated carbocycles. The first-order valence-electron chi connectivity index (χ1n) is 15.8. The van der Waals surface area contributed by atoms with Crippen molar-refractivity contribution < 1.29 is 52.4 Å². The molecule has 11 nitrogen and oxygen atoms in total. The first-order chi connectivity index (χ1) is 21.5. The minimum Gasteiger partial charge on any atom is -0.472 e. The van der Waals surface area contributed by atoms with Gasteiger partial charge in [-0.05, 0) is 43.4 Å². The average Bonchev–Trinajstić information content (AvgIpc) is 3.70. The van der Waals surface area contributed by atoms with Crippen LogP contribution in [0.4, 0.5) is 0 Å². The molecule has 1 aromatic rings. The van der Waals surface area contributed by atoms with Crippen LogP contribution in [0.1, 0.15) is 79.2 Å².